The van der Waals surface area contributed by atoms with Gasteiger partial charge in [-0.25, -0.2) is 0 Å². The first-order valence-electron chi connectivity index (χ1n) is 9.35. The number of rotatable bonds is 5. The van der Waals surface area contributed by atoms with Gasteiger partial charge in [-0.15, -0.1) is 0 Å². The first-order valence-corrected chi connectivity index (χ1v) is 9.35. The van der Waals surface area contributed by atoms with Crippen molar-refractivity contribution in [2.24, 2.45) is 17.8 Å². The highest BCUT2D eigenvalue weighted by atomic mass is 16.4. The lowest BCUT2D eigenvalue weighted by Crippen LogP contribution is -2.48. The summed E-state index contributed by atoms with van der Waals surface area (Å²) >= 11 is 0. The molecule has 2 atom stereocenters. The monoisotopic (exact) mass is 350 g/mol. The molecular weight excluding hydrogens is 320 g/mol. The Hall–Kier alpha value is -1.85. The molecule has 2 rings (SSSR count). The second kappa shape index (κ2) is 9.02. The van der Waals surface area contributed by atoms with Crippen LogP contribution >= 0.6 is 0 Å². The summed E-state index contributed by atoms with van der Waals surface area (Å²) in [4.78, 5) is 35.8. The van der Waals surface area contributed by atoms with Crippen molar-refractivity contribution in [3.05, 3.63) is 11.1 Å². The molecule has 0 bridgehead atoms. The molecule has 2 amide bonds. The molecule has 6 nitrogen and oxygen atoms in total. The zero-order chi connectivity index (χ0) is 18.4. The van der Waals surface area contributed by atoms with Crippen LogP contribution in [0.1, 0.15) is 71.6 Å². The highest BCUT2D eigenvalue weighted by molar-refractivity contribution is 5.87. The maximum atomic E-state index is 12.4. The van der Waals surface area contributed by atoms with E-state index in [-0.39, 0.29) is 5.91 Å². The van der Waals surface area contributed by atoms with E-state index in [0.29, 0.717) is 25.2 Å². The Morgan fingerprint density at radius 2 is 1.56 bits per heavy atom. The van der Waals surface area contributed by atoms with Crippen LogP contribution < -0.4 is 10.9 Å². The van der Waals surface area contributed by atoms with E-state index >= 15 is 0 Å². The zero-order valence-electron chi connectivity index (χ0n) is 15.3. The lowest BCUT2D eigenvalue weighted by Gasteiger charge is -2.29. The second-order valence-electron chi connectivity index (χ2n) is 7.60. The van der Waals surface area contributed by atoms with Crippen molar-refractivity contribution in [1.29, 1.82) is 0 Å². The fraction of sp³-hybridized carbons (Fsp3) is 0.737. The predicted octanol–water partition coefficient (Wildman–Crippen LogP) is 2.94. The van der Waals surface area contributed by atoms with Gasteiger partial charge in [0, 0.05) is 6.42 Å². The first-order chi connectivity index (χ1) is 11.9. The van der Waals surface area contributed by atoms with Crippen LogP contribution in [0.15, 0.2) is 11.1 Å². The summed E-state index contributed by atoms with van der Waals surface area (Å²) in [7, 11) is 0. The fourth-order valence-corrected chi connectivity index (χ4v) is 3.93. The summed E-state index contributed by atoms with van der Waals surface area (Å²) in [6.07, 6.45) is 8.21. The number of hydrazine groups is 1. The molecule has 0 aliphatic heterocycles. The van der Waals surface area contributed by atoms with Crippen molar-refractivity contribution in [3.63, 3.8) is 0 Å². The van der Waals surface area contributed by atoms with Gasteiger partial charge in [-0.2, -0.15) is 0 Å². The number of amides is 2. The minimum atomic E-state index is -0.962. The molecule has 2 unspecified atom stereocenters. The van der Waals surface area contributed by atoms with Gasteiger partial charge in [-0.1, -0.05) is 43.3 Å². The molecule has 0 spiro atoms. The van der Waals surface area contributed by atoms with Crippen molar-refractivity contribution in [2.45, 2.75) is 71.6 Å². The summed E-state index contributed by atoms with van der Waals surface area (Å²) < 4.78 is 0. The molecule has 140 valence electrons. The average Bonchev–Trinajstić information content (AvgIpc) is 2.60. The largest absolute Gasteiger partial charge is 0.481 e. The topological polar surface area (TPSA) is 95.5 Å². The number of carbonyl (C=O) groups is 3. The van der Waals surface area contributed by atoms with Crippen LogP contribution in [0.5, 0.6) is 0 Å². The first kappa shape index (κ1) is 19.5. The van der Waals surface area contributed by atoms with E-state index in [1.807, 2.05) is 13.8 Å². The molecule has 0 saturated heterocycles. The molecule has 25 heavy (non-hydrogen) atoms. The van der Waals surface area contributed by atoms with E-state index < -0.39 is 23.7 Å². The third-order valence-corrected chi connectivity index (χ3v) is 5.75. The van der Waals surface area contributed by atoms with Crippen molar-refractivity contribution in [1.82, 2.24) is 10.9 Å². The van der Waals surface area contributed by atoms with Gasteiger partial charge in [0.2, 0.25) is 11.8 Å². The van der Waals surface area contributed by atoms with Crippen molar-refractivity contribution >= 4 is 17.8 Å². The molecule has 1 saturated carbocycles. The molecule has 0 aromatic heterocycles. The number of carboxylic acids is 1. The Kier molecular flexibility index (Phi) is 7.02. The van der Waals surface area contributed by atoms with Gasteiger partial charge in [0.25, 0.3) is 0 Å². The van der Waals surface area contributed by atoms with E-state index in [2.05, 4.69) is 10.9 Å². The van der Waals surface area contributed by atoms with Crippen LogP contribution in [0.2, 0.25) is 0 Å². The number of aliphatic carboxylic acids is 1. The Morgan fingerprint density at radius 1 is 0.960 bits per heavy atom. The molecule has 2 aliphatic carbocycles. The molecule has 2 aliphatic rings. The average molecular weight is 350 g/mol. The van der Waals surface area contributed by atoms with Gasteiger partial charge in [0.05, 0.1) is 11.8 Å². The van der Waals surface area contributed by atoms with Gasteiger partial charge in [0.15, 0.2) is 0 Å². The molecule has 1 fully saturated rings. The lowest BCUT2D eigenvalue weighted by atomic mass is 9.76. The standard InChI is InChI=1S/C19H30N2O4/c1-12-10-15(16(19(24)25)11-13(12)2)18(23)21-20-17(22)9-8-14-6-4-3-5-7-14/h14-16H,3-11H2,1-2H3,(H,20,22)(H,21,23)(H,24,25). The van der Waals surface area contributed by atoms with Crippen LogP contribution in [-0.4, -0.2) is 22.9 Å². The molecule has 0 aromatic rings. The van der Waals surface area contributed by atoms with E-state index in [4.69, 9.17) is 0 Å². The van der Waals surface area contributed by atoms with Crippen molar-refractivity contribution < 1.29 is 19.5 Å². The Labute approximate surface area is 149 Å². The molecule has 0 heterocycles. The summed E-state index contributed by atoms with van der Waals surface area (Å²) in [5.74, 6) is -2.34. The minimum Gasteiger partial charge on any atom is -0.481 e. The Morgan fingerprint density at radius 3 is 2.16 bits per heavy atom. The predicted molar refractivity (Wildman–Crippen MR) is 94.3 cm³/mol. The smallest absolute Gasteiger partial charge is 0.307 e. The van der Waals surface area contributed by atoms with Gasteiger partial charge < -0.3 is 5.11 Å². The summed E-state index contributed by atoms with van der Waals surface area (Å²) in [6.45, 7) is 3.84. The normalized spacial score (nSPS) is 24.7. The highest BCUT2D eigenvalue weighted by Crippen LogP contribution is 2.34. The van der Waals surface area contributed by atoms with Crippen LogP contribution in [0.25, 0.3) is 0 Å². The van der Waals surface area contributed by atoms with Gasteiger partial charge in [-0.05, 0) is 39.0 Å². The quantitative estimate of drug-likeness (QED) is 0.525. The maximum absolute atomic E-state index is 12.4. The number of hydrogen-bond acceptors (Lipinski definition) is 3. The Bertz CT molecular complexity index is 550. The SMILES string of the molecule is CC1=C(C)CC(C(=O)NNC(=O)CCC2CCCCC2)C(C(=O)O)C1. The number of allylic oxidation sites excluding steroid dienone is 2. The summed E-state index contributed by atoms with van der Waals surface area (Å²) in [6, 6.07) is 0. The molecule has 3 N–H and O–H groups in total. The van der Waals surface area contributed by atoms with Gasteiger partial charge in [0.1, 0.15) is 0 Å². The van der Waals surface area contributed by atoms with Crippen LogP contribution in [0.4, 0.5) is 0 Å². The molecule has 0 radical (unpaired) electrons. The summed E-state index contributed by atoms with van der Waals surface area (Å²) in [5, 5.41) is 9.38. The molecule has 6 heteroatoms. The van der Waals surface area contributed by atoms with E-state index in [1.165, 1.54) is 32.1 Å². The molecular formula is C19H30N2O4. The second-order valence-corrected chi connectivity index (χ2v) is 7.60. The number of nitrogens with one attached hydrogen (secondary N) is 2. The van der Waals surface area contributed by atoms with E-state index in [0.717, 1.165) is 17.6 Å². The highest BCUT2D eigenvalue weighted by Gasteiger charge is 2.37. The third kappa shape index (κ3) is 5.58. The lowest BCUT2D eigenvalue weighted by molar-refractivity contribution is -0.148. The maximum Gasteiger partial charge on any atom is 0.307 e. The van der Waals surface area contributed by atoms with E-state index in [1.54, 1.807) is 0 Å². The molecule has 0 aromatic carbocycles. The number of carbonyl (C=O) groups excluding carboxylic acids is 2. The van der Waals surface area contributed by atoms with E-state index in [9.17, 15) is 19.5 Å². The van der Waals surface area contributed by atoms with Crippen LogP contribution in [0, 0.1) is 17.8 Å². The zero-order valence-corrected chi connectivity index (χ0v) is 15.3. The number of hydrogen-bond donors (Lipinski definition) is 3. The van der Waals surface area contributed by atoms with Gasteiger partial charge in [-0.3, -0.25) is 25.2 Å². The number of carboxylic acid groups (broad SMARTS) is 1. The van der Waals surface area contributed by atoms with Crippen molar-refractivity contribution in [2.75, 3.05) is 0 Å². The minimum absolute atomic E-state index is 0.204. The third-order valence-electron chi connectivity index (χ3n) is 5.75. The van der Waals surface area contributed by atoms with Gasteiger partial charge >= 0.3 is 5.97 Å². The Balaban J connectivity index is 1.79. The van der Waals surface area contributed by atoms with Crippen LogP contribution in [-0.2, 0) is 14.4 Å². The fourth-order valence-electron chi connectivity index (χ4n) is 3.93. The van der Waals surface area contributed by atoms with Crippen LogP contribution in [0.3, 0.4) is 0 Å². The van der Waals surface area contributed by atoms with Crippen molar-refractivity contribution in [3.8, 4) is 0 Å². The summed E-state index contributed by atoms with van der Waals surface area (Å²) in [5.41, 5.74) is 6.98.